The van der Waals surface area contributed by atoms with E-state index < -0.39 is 0 Å². The minimum atomic E-state index is -0.192. The maximum Gasteiger partial charge on any atom is 0.255 e. The summed E-state index contributed by atoms with van der Waals surface area (Å²) in [5.74, 6) is 1.07. The molecule has 0 unspecified atom stereocenters. The van der Waals surface area contributed by atoms with Crippen LogP contribution in [0.2, 0.25) is 0 Å². The Bertz CT molecular complexity index is 688. The number of benzene rings is 2. The first kappa shape index (κ1) is 18.3. The average Bonchev–Trinajstić information content (AvgIpc) is 2.58. The van der Waals surface area contributed by atoms with Crippen molar-refractivity contribution < 1.29 is 14.3 Å². The molecule has 0 radical (unpaired) electrons. The van der Waals surface area contributed by atoms with Crippen molar-refractivity contribution in [2.24, 2.45) is 0 Å². The molecule has 2 aromatic rings. The first-order chi connectivity index (χ1) is 11.7. The van der Waals surface area contributed by atoms with Gasteiger partial charge in [-0.25, -0.2) is 0 Å². The molecule has 0 saturated heterocycles. The molecule has 0 spiro atoms. The Balaban J connectivity index is 2.16. The summed E-state index contributed by atoms with van der Waals surface area (Å²) in [4.78, 5) is 12.5. The highest BCUT2D eigenvalue weighted by Crippen LogP contribution is 2.29. The summed E-state index contributed by atoms with van der Waals surface area (Å²) in [6, 6.07) is 12.7. The highest BCUT2D eigenvalue weighted by Gasteiger charge is 2.13. The van der Waals surface area contributed by atoms with Gasteiger partial charge in [0.25, 0.3) is 5.91 Å². The molecule has 0 fully saturated rings. The molecule has 0 aromatic heterocycles. The second-order valence-corrected chi connectivity index (χ2v) is 6.08. The molecule has 4 nitrogen and oxygen atoms in total. The van der Waals surface area contributed by atoms with Gasteiger partial charge in [0, 0.05) is 10.0 Å². The lowest BCUT2D eigenvalue weighted by molar-refractivity contribution is 0.102. The minimum absolute atomic E-state index is 0.192. The summed E-state index contributed by atoms with van der Waals surface area (Å²) in [7, 11) is 0. The van der Waals surface area contributed by atoms with Crippen LogP contribution in [-0.2, 0) is 0 Å². The van der Waals surface area contributed by atoms with Crippen molar-refractivity contribution in [1.82, 2.24) is 0 Å². The summed E-state index contributed by atoms with van der Waals surface area (Å²) in [6.45, 7) is 5.17. The Hall–Kier alpha value is -2.01. The summed E-state index contributed by atoms with van der Waals surface area (Å²) in [5.41, 5.74) is 1.25. The first-order valence-electron chi connectivity index (χ1n) is 8.11. The van der Waals surface area contributed by atoms with Gasteiger partial charge >= 0.3 is 0 Å². The number of carbonyl (C=O) groups is 1. The molecule has 5 heteroatoms. The summed E-state index contributed by atoms with van der Waals surface area (Å²) in [6.07, 6.45) is 2.05. The average molecular weight is 392 g/mol. The van der Waals surface area contributed by atoms with Gasteiger partial charge in [-0.05, 0) is 59.6 Å². The third-order valence-corrected chi connectivity index (χ3v) is 4.07. The Morgan fingerprint density at radius 2 is 1.88 bits per heavy atom. The van der Waals surface area contributed by atoms with E-state index in [0.717, 1.165) is 23.0 Å². The number of ether oxygens (including phenoxy) is 2. The number of unbranched alkanes of at least 4 members (excludes halogenated alkanes) is 1. The molecule has 1 amide bonds. The number of hydrogen-bond donors (Lipinski definition) is 1. The fourth-order valence-electron chi connectivity index (χ4n) is 2.12. The van der Waals surface area contributed by atoms with Crippen LogP contribution in [0.15, 0.2) is 46.9 Å². The van der Waals surface area contributed by atoms with Gasteiger partial charge < -0.3 is 14.8 Å². The molecule has 128 valence electrons. The number of carbonyl (C=O) groups excluding carboxylic acids is 1. The van der Waals surface area contributed by atoms with E-state index in [0.29, 0.717) is 30.3 Å². The van der Waals surface area contributed by atoms with Crippen LogP contribution in [0.25, 0.3) is 0 Å². The van der Waals surface area contributed by atoms with Crippen molar-refractivity contribution >= 4 is 27.5 Å². The van der Waals surface area contributed by atoms with E-state index in [2.05, 4.69) is 28.2 Å². The molecule has 0 aliphatic rings. The summed E-state index contributed by atoms with van der Waals surface area (Å²) < 4.78 is 12.2. The quantitative estimate of drug-likeness (QED) is 0.622. The molecule has 2 aromatic carbocycles. The van der Waals surface area contributed by atoms with Gasteiger partial charge in [0.15, 0.2) is 11.5 Å². The van der Waals surface area contributed by atoms with Gasteiger partial charge in [-0.2, -0.15) is 0 Å². The van der Waals surface area contributed by atoms with Crippen molar-refractivity contribution in [3.8, 4) is 11.5 Å². The lowest BCUT2D eigenvalue weighted by Crippen LogP contribution is -2.12. The largest absolute Gasteiger partial charge is 0.490 e. The monoisotopic (exact) mass is 391 g/mol. The number of anilines is 1. The zero-order chi connectivity index (χ0) is 17.4. The van der Waals surface area contributed by atoms with Crippen LogP contribution in [0.4, 0.5) is 5.69 Å². The number of rotatable bonds is 8. The van der Waals surface area contributed by atoms with E-state index >= 15 is 0 Å². The highest BCUT2D eigenvalue weighted by molar-refractivity contribution is 9.10. The van der Waals surface area contributed by atoms with E-state index in [4.69, 9.17) is 9.47 Å². The van der Waals surface area contributed by atoms with Crippen LogP contribution < -0.4 is 14.8 Å². The second kappa shape index (κ2) is 9.33. The Kier molecular flexibility index (Phi) is 7.12. The van der Waals surface area contributed by atoms with Crippen LogP contribution in [0, 0.1) is 0 Å². The normalized spacial score (nSPS) is 10.3. The first-order valence-corrected chi connectivity index (χ1v) is 8.90. The van der Waals surface area contributed by atoms with Crippen molar-refractivity contribution in [3.63, 3.8) is 0 Å². The van der Waals surface area contributed by atoms with Gasteiger partial charge in [-0.15, -0.1) is 0 Å². The minimum Gasteiger partial charge on any atom is -0.490 e. The van der Waals surface area contributed by atoms with Gasteiger partial charge in [-0.3, -0.25) is 4.79 Å². The lowest BCUT2D eigenvalue weighted by Gasteiger charge is -2.13. The molecule has 0 bridgehead atoms. The predicted molar refractivity (Wildman–Crippen MR) is 100 cm³/mol. The van der Waals surface area contributed by atoms with E-state index in [1.165, 1.54) is 0 Å². The molecular formula is C19H22BrNO3. The van der Waals surface area contributed by atoms with E-state index in [-0.39, 0.29) is 5.91 Å². The number of amides is 1. The fraction of sp³-hybridized carbons (Fsp3) is 0.316. The topological polar surface area (TPSA) is 47.6 Å². The van der Waals surface area contributed by atoms with Crippen LogP contribution in [0.3, 0.4) is 0 Å². The number of halogens is 1. The number of hydrogen-bond acceptors (Lipinski definition) is 3. The summed E-state index contributed by atoms with van der Waals surface area (Å²) >= 11 is 3.42. The molecule has 0 atom stereocenters. The second-order valence-electron chi connectivity index (χ2n) is 5.23. The molecule has 2 rings (SSSR count). The molecule has 24 heavy (non-hydrogen) atoms. The standard InChI is InChI=1S/C19H22BrNO3/c1-3-5-12-24-17-11-10-14(13-18(17)23-4-2)19(22)21-16-9-7-6-8-15(16)20/h6-11,13H,3-5,12H2,1-2H3,(H,21,22). The fourth-order valence-corrected chi connectivity index (χ4v) is 2.50. The van der Waals surface area contributed by atoms with Crippen molar-refractivity contribution in [2.45, 2.75) is 26.7 Å². The number of nitrogens with one attached hydrogen (secondary N) is 1. The highest BCUT2D eigenvalue weighted by atomic mass is 79.9. The summed E-state index contributed by atoms with van der Waals surface area (Å²) in [5, 5.41) is 2.89. The third kappa shape index (κ3) is 4.99. The van der Waals surface area contributed by atoms with Gasteiger partial charge in [0.2, 0.25) is 0 Å². The maximum absolute atomic E-state index is 12.5. The van der Waals surface area contributed by atoms with Gasteiger partial charge in [-0.1, -0.05) is 25.5 Å². The Morgan fingerprint density at radius 1 is 1.08 bits per heavy atom. The van der Waals surface area contributed by atoms with Crippen LogP contribution in [0.1, 0.15) is 37.0 Å². The zero-order valence-electron chi connectivity index (χ0n) is 14.0. The molecular weight excluding hydrogens is 370 g/mol. The van der Waals surface area contributed by atoms with Crippen molar-refractivity contribution in [2.75, 3.05) is 18.5 Å². The Labute approximate surface area is 151 Å². The van der Waals surface area contributed by atoms with Crippen LogP contribution in [0.5, 0.6) is 11.5 Å². The molecule has 0 heterocycles. The molecule has 0 aliphatic carbocycles. The van der Waals surface area contributed by atoms with Gasteiger partial charge in [0.1, 0.15) is 0 Å². The van der Waals surface area contributed by atoms with E-state index in [1.807, 2.05) is 31.2 Å². The predicted octanol–water partition coefficient (Wildman–Crippen LogP) is 5.28. The van der Waals surface area contributed by atoms with Crippen molar-refractivity contribution in [3.05, 3.63) is 52.5 Å². The van der Waals surface area contributed by atoms with Crippen LogP contribution in [-0.4, -0.2) is 19.1 Å². The third-order valence-electron chi connectivity index (χ3n) is 3.38. The van der Waals surface area contributed by atoms with E-state index in [9.17, 15) is 4.79 Å². The SMILES string of the molecule is CCCCOc1ccc(C(=O)Nc2ccccc2Br)cc1OCC. The van der Waals surface area contributed by atoms with Crippen LogP contribution >= 0.6 is 15.9 Å². The maximum atomic E-state index is 12.5. The molecule has 0 saturated carbocycles. The smallest absolute Gasteiger partial charge is 0.255 e. The lowest BCUT2D eigenvalue weighted by atomic mass is 10.1. The number of para-hydroxylation sites is 1. The van der Waals surface area contributed by atoms with E-state index in [1.54, 1.807) is 18.2 Å². The van der Waals surface area contributed by atoms with Gasteiger partial charge in [0.05, 0.1) is 18.9 Å². The Morgan fingerprint density at radius 3 is 2.58 bits per heavy atom. The molecule has 0 aliphatic heterocycles. The molecule has 1 N–H and O–H groups in total. The zero-order valence-corrected chi connectivity index (χ0v) is 15.6. The van der Waals surface area contributed by atoms with Crippen molar-refractivity contribution in [1.29, 1.82) is 0 Å².